The Balaban J connectivity index is 2.12. The molecule has 1 atom stereocenters. The van der Waals surface area contributed by atoms with E-state index in [2.05, 4.69) is 11.1 Å². The topological polar surface area (TPSA) is 64.9 Å². The van der Waals surface area contributed by atoms with Crippen LogP contribution in [0.2, 0.25) is 0 Å². The summed E-state index contributed by atoms with van der Waals surface area (Å²) >= 11 is 0. The largest absolute Gasteiger partial charge is 0.398 e. The third kappa shape index (κ3) is 2.57. The number of allylic oxidation sites excluding steroid dienone is 1. The fraction of sp³-hybridized carbons (Fsp3) is 0.417. The van der Waals surface area contributed by atoms with Crippen LogP contribution in [0.25, 0.3) is 0 Å². The van der Waals surface area contributed by atoms with Gasteiger partial charge in [0.2, 0.25) is 0 Å². The van der Waals surface area contributed by atoms with Gasteiger partial charge in [0.05, 0.1) is 0 Å². The van der Waals surface area contributed by atoms with E-state index in [0.717, 1.165) is 30.5 Å². The first kappa shape index (κ1) is 10.2. The predicted octanol–water partition coefficient (Wildman–Crippen LogP) is 1.64. The molecule has 0 radical (unpaired) electrons. The molecule has 4 N–H and O–H groups in total. The van der Waals surface area contributed by atoms with Crippen LogP contribution >= 0.6 is 0 Å². The van der Waals surface area contributed by atoms with E-state index in [0.29, 0.717) is 0 Å². The molecule has 0 amide bonds. The van der Waals surface area contributed by atoms with Gasteiger partial charge in [-0.25, -0.2) is 0 Å². The summed E-state index contributed by atoms with van der Waals surface area (Å²) in [7, 11) is 0. The van der Waals surface area contributed by atoms with Gasteiger partial charge in [-0.15, -0.1) is 0 Å². The molecule has 0 aromatic carbocycles. The number of nitrogens with zero attached hydrogens (tertiary/aromatic N) is 1. The van der Waals surface area contributed by atoms with Gasteiger partial charge in [0.15, 0.2) is 0 Å². The normalized spacial score (nSPS) is 21.1. The monoisotopic (exact) mass is 203 g/mol. The highest BCUT2D eigenvalue weighted by Crippen LogP contribution is 2.22. The van der Waals surface area contributed by atoms with E-state index in [-0.39, 0.29) is 6.04 Å². The maximum absolute atomic E-state index is 5.89. The standard InChI is InChI=1S/C12H17N3/c13-11-3-1-2-9(7-11)6-10-8-15-5-4-12(10)14/h4-5,7-8,11H,1-3,6,13H2,(H2,14,15). The quantitative estimate of drug-likeness (QED) is 0.718. The summed E-state index contributed by atoms with van der Waals surface area (Å²) in [6.07, 6.45) is 10.1. The van der Waals surface area contributed by atoms with Crippen molar-refractivity contribution in [2.45, 2.75) is 31.7 Å². The third-order valence-corrected chi connectivity index (χ3v) is 2.84. The van der Waals surface area contributed by atoms with Gasteiger partial charge in [-0.1, -0.05) is 11.6 Å². The van der Waals surface area contributed by atoms with E-state index < -0.39 is 0 Å². The van der Waals surface area contributed by atoms with Crippen LogP contribution in [0.1, 0.15) is 24.8 Å². The Bertz CT molecular complexity index is 371. The smallest absolute Gasteiger partial charge is 0.0380 e. The summed E-state index contributed by atoms with van der Waals surface area (Å²) in [4.78, 5) is 4.09. The average molecular weight is 203 g/mol. The van der Waals surface area contributed by atoms with Gasteiger partial charge in [0.25, 0.3) is 0 Å². The molecule has 0 saturated carbocycles. The molecule has 15 heavy (non-hydrogen) atoms. The molecule has 1 aliphatic carbocycles. The molecular formula is C12H17N3. The predicted molar refractivity (Wildman–Crippen MR) is 62.3 cm³/mol. The lowest BCUT2D eigenvalue weighted by atomic mass is 9.92. The molecule has 1 heterocycles. The summed E-state index contributed by atoms with van der Waals surface area (Å²) in [6.45, 7) is 0. The molecule has 2 rings (SSSR count). The van der Waals surface area contributed by atoms with Crippen LogP contribution in [-0.2, 0) is 6.42 Å². The first-order chi connectivity index (χ1) is 7.25. The Morgan fingerprint density at radius 1 is 1.47 bits per heavy atom. The summed E-state index contributed by atoms with van der Waals surface area (Å²) in [5.41, 5.74) is 15.1. The third-order valence-electron chi connectivity index (χ3n) is 2.84. The fourth-order valence-corrected chi connectivity index (χ4v) is 2.01. The molecule has 80 valence electrons. The lowest BCUT2D eigenvalue weighted by molar-refractivity contribution is 0.617. The van der Waals surface area contributed by atoms with E-state index >= 15 is 0 Å². The van der Waals surface area contributed by atoms with E-state index in [4.69, 9.17) is 11.5 Å². The number of rotatable bonds is 2. The molecule has 0 saturated heterocycles. The maximum Gasteiger partial charge on any atom is 0.0380 e. The van der Waals surface area contributed by atoms with E-state index in [9.17, 15) is 0 Å². The molecule has 1 aliphatic rings. The highest BCUT2D eigenvalue weighted by molar-refractivity contribution is 5.46. The SMILES string of the molecule is Nc1ccncc1CC1=CC(N)CCC1. The Morgan fingerprint density at radius 3 is 3.07 bits per heavy atom. The Kier molecular flexibility index (Phi) is 3.02. The fourth-order valence-electron chi connectivity index (χ4n) is 2.01. The van der Waals surface area contributed by atoms with E-state index in [1.165, 1.54) is 12.0 Å². The van der Waals surface area contributed by atoms with Crippen molar-refractivity contribution in [1.29, 1.82) is 0 Å². The summed E-state index contributed by atoms with van der Waals surface area (Å²) in [5.74, 6) is 0. The Hall–Kier alpha value is -1.35. The minimum atomic E-state index is 0.228. The highest BCUT2D eigenvalue weighted by atomic mass is 14.7. The van der Waals surface area contributed by atoms with Crippen LogP contribution in [0.5, 0.6) is 0 Å². The zero-order valence-corrected chi connectivity index (χ0v) is 8.82. The number of aromatic nitrogens is 1. The van der Waals surface area contributed by atoms with Crippen molar-refractivity contribution < 1.29 is 0 Å². The van der Waals surface area contributed by atoms with E-state index in [1.54, 1.807) is 6.20 Å². The second-order valence-corrected chi connectivity index (χ2v) is 4.13. The van der Waals surface area contributed by atoms with Gasteiger partial charge < -0.3 is 11.5 Å². The number of anilines is 1. The Labute approximate surface area is 90.2 Å². The van der Waals surface area contributed by atoms with Crippen LogP contribution in [0, 0.1) is 0 Å². The molecule has 1 aromatic rings. The molecule has 0 bridgehead atoms. The lowest BCUT2D eigenvalue weighted by Gasteiger charge is -2.18. The van der Waals surface area contributed by atoms with Crippen molar-refractivity contribution in [1.82, 2.24) is 4.98 Å². The number of nitrogens with two attached hydrogens (primary N) is 2. The molecule has 0 fully saturated rings. The number of pyridine rings is 1. The van der Waals surface area contributed by atoms with E-state index in [1.807, 2.05) is 12.3 Å². The van der Waals surface area contributed by atoms with Crippen LogP contribution < -0.4 is 11.5 Å². The second-order valence-electron chi connectivity index (χ2n) is 4.13. The first-order valence-electron chi connectivity index (χ1n) is 5.39. The highest BCUT2D eigenvalue weighted by Gasteiger charge is 2.11. The molecule has 1 unspecified atom stereocenters. The average Bonchev–Trinajstić information content (AvgIpc) is 2.22. The van der Waals surface area contributed by atoms with Gasteiger partial charge in [0, 0.05) is 24.1 Å². The van der Waals surface area contributed by atoms with Crippen molar-refractivity contribution in [3.05, 3.63) is 35.7 Å². The van der Waals surface area contributed by atoms with Gasteiger partial charge in [-0.3, -0.25) is 4.98 Å². The molecular weight excluding hydrogens is 186 g/mol. The van der Waals surface area contributed by atoms with Crippen molar-refractivity contribution in [3.63, 3.8) is 0 Å². The number of hydrogen-bond acceptors (Lipinski definition) is 3. The zero-order valence-electron chi connectivity index (χ0n) is 8.82. The maximum atomic E-state index is 5.89. The summed E-state index contributed by atoms with van der Waals surface area (Å²) in [5, 5.41) is 0. The van der Waals surface area contributed by atoms with Crippen LogP contribution in [0.15, 0.2) is 30.1 Å². The van der Waals surface area contributed by atoms with Crippen LogP contribution in [0.3, 0.4) is 0 Å². The zero-order chi connectivity index (χ0) is 10.7. The van der Waals surface area contributed by atoms with Crippen molar-refractivity contribution in [2.75, 3.05) is 5.73 Å². The second kappa shape index (κ2) is 4.45. The summed E-state index contributed by atoms with van der Waals surface area (Å²) < 4.78 is 0. The molecule has 1 aromatic heterocycles. The summed E-state index contributed by atoms with van der Waals surface area (Å²) in [6, 6.07) is 2.07. The number of hydrogen-bond donors (Lipinski definition) is 2. The van der Waals surface area contributed by atoms with Gasteiger partial charge >= 0.3 is 0 Å². The molecule has 3 heteroatoms. The van der Waals surface area contributed by atoms with Crippen LogP contribution in [0.4, 0.5) is 5.69 Å². The molecule has 0 aliphatic heterocycles. The van der Waals surface area contributed by atoms with Crippen molar-refractivity contribution in [3.8, 4) is 0 Å². The first-order valence-corrected chi connectivity index (χ1v) is 5.39. The van der Waals surface area contributed by atoms with Crippen molar-refractivity contribution >= 4 is 5.69 Å². The van der Waals surface area contributed by atoms with Crippen molar-refractivity contribution in [2.24, 2.45) is 5.73 Å². The molecule has 0 spiro atoms. The minimum Gasteiger partial charge on any atom is -0.398 e. The lowest BCUT2D eigenvalue weighted by Crippen LogP contribution is -2.20. The van der Waals surface area contributed by atoms with Gasteiger partial charge in [-0.2, -0.15) is 0 Å². The number of nitrogen functional groups attached to an aromatic ring is 1. The van der Waals surface area contributed by atoms with Gasteiger partial charge in [-0.05, 0) is 37.3 Å². The van der Waals surface area contributed by atoms with Crippen LogP contribution in [-0.4, -0.2) is 11.0 Å². The molecule has 3 nitrogen and oxygen atoms in total. The Morgan fingerprint density at radius 2 is 2.33 bits per heavy atom. The minimum absolute atomic E-state index is 0.228. The van der Waals surface area contributed by atoms with Gasteiger partial charge in [0.1, 0.15) is 0 Å².